The van der Waals surface area contributed by atoms with Crippen LogP contribution >= 0.6 is 0 Å². The lowest BCUT2D eigenvalue weighted by Crippen LogP contribution is -2.56. The summed E-state index contributed by atoms with van der Waals surface area (Å²) in [5.41, 5.74) is 2.45. The maximum Gasteiger partial charge on any atom is 0.244 e. The Morgan fingerprint density at radius 2 is 1.36 bits per heavy atom. The number of carbonyl (C=O) groups is 2. The number of sulfonamides is 1. The van der Waals surface area contributed by atoms with Crippen LogP contribution in [0.1, 0.15) is 37.5 Å². The van der Waals surface area contributed by atoms with E-state index in [2.05, 4.69) is 5.32 Å². The number of amides is 2. The third-order valence-corrected chi connectivity index (χ3v) is 8.29. The second kappa shape index (κ2) is 14.4. The molecule has 45 heavy (non-hydrogen) atoms. The molecule has 4 rings (SSSR count). The lowest BCUT2D eigenvalue weighted by atomic mass is 10.00. The van der Waals surface area contributed by atoms with Gasteiger partial charge in [0.2, 0.25) is 21.8 Å². The third kappa shape index (κ3) is 9.68. The second-order valence-electron chi connectivity index (χ2n) is 12.1. The summed E-state index contributed by atoms with van der Waals surface area (Å²) in [5, 5.41) is 3.04. The fourth-order valence-corrected chi connectivity index (χ4v) is 5.75. The van der Waals surface area contributed by atoms with Crippen molar-refractivity contribution in [1.29, 1.82) is 0 Å². The molecule has 0 saturated carbocycles. The molecular weight excluding hydrogens is 586 g/mol. The third-order valence-electron chi connectivity index (χ3n) is 7.15. The number of hydrogen-bond acceptors (Lipinski definition) is 5. The first-order valence-electron chi connectivity index (χ1n) is 14.8. The summed E-state index contributed by atoms with van der Waals surface area (Å²) in [5.74, 6) is 0.345. The number of benzene rings is 4. The molecule has 2 amide bonds. The molecule has 4 aromatic carbocycles. The van der Waals surface area contributed by atoms with E-state index in [1.54, 1.807) is 24.3 Å². The van der Waals surface area contributed by atoms with E-state index in [0.29, 0.717) is 17.2 Å². The van der Waals surface area contributed by atoms with E-state index in [1.165, 1.54) is 4.90 Å². The Morgan fingerprint density at radius 3 is 1.93 bits per heavy atom. The van der Waals surface area contributed by atoms with Crippen molar-refractivity contribution in [2.24, 2.45) is 0 Å². The molecule has 0 spiro atoms. The predicted molar refractivity (Wildman–Crippen MR) is 179 cm³/mol. The number of anilines is 1. The van der Waals surface area contributed by atoms with Gasteiger partial charge in [-0.05, 0) is 80.8 Å². The molecule has 0 aliphatic rings. The molecule has 236 valence electrons. The van der Waals surface area contributed by atoms with Gasteiger partial charge < -0.3 is 15.0 Å². The van der Waals surface area contributed by atoms with E-state index in [-0.39, 0.29) is 18.9 Å². The van der Waals surface area contributed by atoms with Crippen molar-refractivity contribution in [3.63, 3.8) is 0 Å². The average Bonchev–Trinajstić information content (AvgIpc) is 2.98. The topological polar surface area (TPSA) is 96.0 Å². The van der Waals surface area contributed by atoms with Gasteiger partial charge in [-0.2, -0.15) is 0 Å². The summed E-state index contributed by atoms with van der Waals surface area (Å²) in [4.78, 5) is 29.7. The molecule has 9 heteroatoms. The molecule has 0 aliphatic carbocycles. The molecule has 0 radical (unpaired) electrons. The van der Waals surface area contributed by atoms with Crippen molar-refractivity contribution in [2.45, 2.75) is 52.2 Å². The van der Waals surface area contributed by atoms with Gasteiger partial charge in [0, 0.05) is 18.5 Å². The van der Waals surface area contributed by atoms with Gasteiger partial charge in [-0.1, -0.05) is 72.8 Å². The van der Waals surface area contributed by atoms with Crippen molar-refractivity contribution in [3.8, 4) is 11.5 Å². The summed E-state index contributed by atoms with van der Waals surface area (Å²) >= 11 is 0. The molecule has 0 fully saturated rings. The summed E-state index contributed by atoms with van der Waals surface area (Å²) in [7, 11) is -3.89. The number of aryl methyl sites for hydroxylation is 1. The molecule has 8 nitrogen and oxygen atoms in total. The van der Waals surface area contributed by atoms with Crippen molar-refractivity contribution in [3.05, 3.63) is 126 Å². The first kappa shape index (κ1) is 33.3. The van der Waals surface area contributed by atoms with Crippen LogP contribution in [0.4, 0.5) is 5.69 Å². The number of ether oxygens (including phenoxy) is 1. The predicted octanol–water partition coefficient (Wildman–Crippen LogP) is 6.11. The highest BCUT2D eigenvalue weighted by Crippen LogP contribution is 2.26. The summed E-state index contributed by atoms with van der Waals surface area (Å²) < 4.78 is 33.1. The largest absolute Gasteiger partial charge is 0.457 e. The SMILES string of the molecule is Cc1ccccc1CN(C(=O)CN(c1ccc(Oc2ccccc2)cc1)S(C)(=O)=O)[C@H](Cc1ccccc1)C(=O)NC(C)(C)C. The molecule has 0 aliphatic heterocycles. The molecular formula is C36H41N3O5S. The Labute approximate surface area is 266 Å². The van der Waals surface area contributed by atoms with Crippen LogP contribution in [0.25, 0.3) is 0 Å². The van der Waals surface area contributed by atoms with Crippen molar-refractivity contribution in [2.75, 3.05) is 17.1 Å². The standard InChI is InChI=1S/C36H41N3O5S/c1-27-14-12-13-17-29(27)25-38(33(35(41)37-36(2,3)4)24-28-15-8-6-9-16-28)34(40)26-39(45(5,42)43)30-20-22-32(23-21-30)44-31-18-10-7-11-19-31/h6-23,33H,24-26H2,1-5H3,(H,37,41)/t33-/m1/s1. The van der Waals surface area contributed by atoms with Gasteiger partial charge in [0.25, 0.3) is 0 Å². The minimum Gasteiger partial charge on any atom is -0.457 e. The molecule has 0 saturated heterocycles. The van der Waals surface area contributed by atoms with Crippen molar-refractivity contribution >= 4 is 27.5 Å². The zero-order valence-corrected chi connectivity index (χ0v) is 27.3. The number of rotatable bonds is 12. The Kier molecular flexibility index (Phi) is 10.7. The highest BCUT2D eigenvalue weighted by Gasteiger charge is 2.34. The van der Waals surface area contributed by atoms with E-state index in [1.807, 2.05) is 113 Å². The van der Waals surface area contributed by atoms with Gasteiger partial charge in [0.05, 0.1) is 11.9 Å². The lowest BCUT2D eigenvalue weighted by Gasteiger charge is -2.35. The maximum absolute atomic E-state index is 14.3. The summed E-state index contributed by atoms with van der Waals surface area (Å²) in [6.07, 6.45) is 1.32. The molecule has 0 aromatic heterocycles. The van der Waals surface area contributed by atoms with Gasteiger partial charge in [-0.25, -0.2) is 8.42 Å². The van der Waals surface area contributed by atoms with Gasteiger partial charge in [-0.15, -0.1) is 0 Å². The number of carbonyl (C=O) groups excluding carboxylic acids is 2. The Bertz CT molecular complexity index is 1690. The van der Waals surface area contributed by atoms with E-state index in [0.717, 1.165) is 27.3 Å². The van der Waals surface area contributed by atoms with Crippen LogP contribution in [0.2, 0.25) is 0 Å². The number of nitrogens with one attached hydrogen (secondary N) is 1. The van der Waals surface area contributed by atoms with Gasteiger partial charge in [0.15, 0.2) is 0 Å². The molecule has 0 unspecified atom stereocenters. The second-order valence-corrected chi connectivity index (χ2v) is 14.0. The average molecular weight is 628 g/mol. The molecule has 0 bridgehead atoms. The Morgan fingerprint density at radius 1 is 0.800 bits per heavy atom. The number of nitrogens with zero attached hydrogens (tertiary/aromatic N) is 2. The first-order chi connectivity index (χ1) is 21.3. The Balaban J connectivity index is 1.70. The normalized spacial score (nSPS) is 12.2. The van der Waals surface area contributed by atoms with Gasteiger partial charge in [0.1, 0.15) is 24.1 Å². The fraction of sp³-hybridized carbons (Fsp3) is 0.278. The fourth-order valence-electron chi connectivity index (χ4n) is 4.90. The quantitative estimate of drug-likeness (QED) is 0.205. The van der Waals surface area contributed by atoms with Crippen LogP contribution in [-0.2, 0) is 32.6 Å². The number of hydrogen-bond donors (Lipinski definition) is 1. The van der Waals surface area contributed by atoms with E-state index in [9.17, 15) is 18.0 Å². The van der Waals surface area contributed by atoms with Crippen LogP contribution < -0.4 is 14.4 Å². The van der Waals surface area contributed by atoms with Crippen molar-refractivity contribution in [1.82, 2.24) is 10.2 Å². The van der Waals surface area contributed by atoms with Crippen LogP contribution in [-0.4, -0.2) is 49.5 Å². The highest BCUT2D eigenvalue weighted by molar-refractivity contribution is 7.92. The molecule has 4 aromatic rings. The minimum absolute atomic E-state index is 0.127. The van der Waals surface area contributed by atoms with Crippen LogP contribution in [0.5, 0.6) is 11.5 Å². The monoisotopic (exact) mass is 627 g/mol. The summed E-state index contributed by atoms with van der Waals surface area (Å²) in [6.45, 7) is 7.23. The van der Waals surface area contributed by atoms with E-state index >= 15 is 0 Å². The summed E-state index contributed by atoms with van der Waals surface area (Å²) in [6, 6.07) is 32.0. The lowest BCUT2D eigenvalue weighted by molar-refractivity contribution is -0.140. The van der Waals surface area contributed by atoms with Crippen LogP contribution in [0.3, 0.4) is 0 Å². The zero-order chi connectivity index (χ0) is 32.6. The molecule has 0 heterocycles. The van der Waals surface area contributed by atoms with Crippen LogP contribution in [0, 0.1) is 6.92 Å². The van der Waals surface area contributed by atoms with Gasteiger partial charge in [-0.3, -0.25) is 13.9 Å². The number of para-hydroxylation sites is 1. The van der Waals surface area contributed by atoms with Crippen LogP contribution in [0.15, 0.2) is 109 Å². The van der Waals surface area contributed by atoms with E-state index < -0.39 is 34.1 Å². The highest BCUT2D eigenvalue weighted by atomic mass is 32.2. The molecule has 1 atom stereocenters. The first-order valence-corrected chi connectivity index (χ1v) is 16.7. The van der Waals surface area contributed by atoms with Gasteiger partial charge >= 0.3 is 0 Å². The smallest absolute Gasteiger partial charge is 0.244 e. The maximum atomic E-state index is 14.3. The molecule has 1 N–H and O–H groups in total. The zero-order valence-electron chi connectivity index (χ0n) is 26.4. The minimum atomic E-state index is -3.89. The Hall–Kier alpha value is -4.63. The van der Waals surface area contributed by atoms with E-state index in [4.69, 9.17) is 4.74 Å². The van der Waals surface area contributed by atoms with Crippen molar-refractivity contribution < 1.29 is 22.7 Å².